The molecule has 1 unspecified atom stereocenters. The van der Waals surface area contributed by atoms with Crippen molar-refractivity contribution >= 4 is 5.97 Å². The van der Waals surface area contributed by atoms with Gasteiger partial charge in [-0.15, -0.1) is 0 Å². The fraction of sp³-hybridized carbons (Fsp3) is 0.500. The van der Waals surface area contributed by atoms with Gasteiger partial charge in [0.1, 0.15) is 5.82 Å². The van der Waals surface area contributed by atoms with Crippen LogP contribution >= 0.6 is 0 Å². The van der Waals surface area contributed by atoms with E-state index in [-0.39, 0.29) is 18.3 Å². The zero-order valence-corrected chi connectivity index (χ0v) is 10.5. The van der Waals surface area contributed by atoms with Gasteiger partial charge < -0.3 is 5.11 Å². The van der Waals surface area contributed by atoms with E-state index in [1.54, 1.807) is 19.1 Å². The number of aryl methyl sites for hydroxylation is 1. The minimum Gasteiger partial charge on any atom is -0.481 e. The van der Waals surface area contributed by atoms with Crippen LogP contribution in [-0.2, 0) is 4.79 Å². The van der Waals surface area contributed by atoms with Crippen molar-refractivity contribution in [2.75, 3.05) is 13.1 Å². The largest absolute Gasteiger partial charge is 0.481 e. The van der Waals surface area contributed by atoms with Crippen molar-refractivity contribution in [1.82, 2.24) is 4.90 Å². The Morgan fingerprint density at radius 1 is 1.44 bits per heavy atom. The monoisotopic (exact) mass is 251 g/mol. The predicted octanol–water partition coefficient (Wildman–Crippen LogP) is 2.75. The summed E-state index contributed by atoms with van der Waals surface area (Å²) in [5, 5.41) is 9.03. The number of carbonyl (C=O) groups is 1. The first-order valence-corrected chi connectivity index (χ1v) is 6.30. The third-order valence-corrected chi connectivity index (χ3v) is 3.52. The fourth-order valence-electron chi connectivity index (χ4n) is 2.55. The molecule has 0 aromatic heterocycles. The van der Waals surface area contributed by atoms with Crippen LogP contribution in [-0.4, -0.2) is 29.1 Å². The van der Waals surface area contributed by atoms with Gasteiger partial charge in [-0.3, -0.25) is 9.69 Å². The summed E-state index contributed by atoms with van der Waals surface area (Å²) in [5.41, 5.74) is 1.47. The molecule has 2 rings (SSSR count). The third kappa shape index (κ3) is 2.88. The Kier molecular flexibility index (Phi) is 3.97. The smallest absolute Gasteiger partial charge is 0.305 e. The van der Waals surface area contributed by atoms with Crippen LogP contribution in [0.25, 0.3) is 0 Å². The van der Waals surface area contributed by atoms with Crippen molar-refractivity contribution in [3.05, 3.63) is 35.1 Å². The second-order valence-electron chi connectivity index (χ2n) is 4.87. The van der Waals surface area contributed by atoms with Crippen LogP contribution in [0.1, 0.15) is 36.4 Å². The molecule has 4 heteroatoms. The minimum absolute atomic E-state index is 0.0745. The van der Waals surface area contributed by atoms with Crippen LogP contribution in [0.3, 0.4) is 0 Å². The predicted molar refractivity (Wildman–Crippen MR) is 66.9 cm³/mol. The van der Waals surface area contributed by atoms with Crippen LogP contribution < -0.4 is 0 Å². The molecule has 0 bridgehead atoms. The van der Waals surface area contributed by atoms with Gasteiger partial charge >= 0.3 is 5.97 Å². The highest BCUT2D eigenvalue weighted by Crippen LogP contribution is 2.29. The van der Waals surface area contributed by atoms with E-state index in [1.807, 2.05) is 0 Å². The Bertz CT molecular complexity index is 441. The van der Waals surface area contributed by atoms with Gasteiger partial charge in [0.2, 0.25) is 0 Å². The van der Waals surface area contributed by atoms with E-state index in [0.29, 0.717) is 5.56 Å². The first-order chi connectivity index (χ1) is 8.58. The molecule has 1 aromatic rings. The molecule has 1 aromatic carbocycles. The number of rotatable bonds is 4. The lowest BCUT2D eigenvalue weighted by atomic mass is 10.00. The van der Waals surface area contributed by atoms with Crippen LogP contribution in [0.15, 0.2) is 18.2 Å². The van der Waals surface area contributed by atoms with Crippen molar-refractivity contribution in [1.29, 1.82) is 0 Å². The summed E-state index contributed by atoms with van der Waals surface area (Å²) in [6.07, 6.45) is 2.29. The molecule has 0 spiro atoms. The van der Waals surface area contributed by atoms with E-state index in [4.69, 9.17) is 5.11 Å². The van der Waals surface area contributed by atoms with E-state index in [0.717, 1.165) is 31.5 Å². The molecule has 1 aliphatic rings. The van der Waals surface area contributed by atoms with Crippen LogP contribution in [0.4, 0.5) is 4.39 Å². The van der Waals surface area contributed by atoms with Crippen molar-refractivity contribution in [3.63, 3.8) is 0 Å². The molecule has 1 aliphatic heterocycles. The summed E-state index contributed by atoms with van der Waals surface area (Å²) in [6, 6.07) is 4.76. The molecule has 0 saturated carbocycles. The number of likely N-dealkylation sites (tertiary alicyclic amines) is 1. The summed E-state index contributed by atoms with van der Waals surface area (Å²) < 4.78 is 13.3. The van der Waals surface area contributed by atoms with Crippen molar-refractivity contribution in [2.45, 2.75) is 32.2 Å². The molecule has 3 nitrogen and oxygen atoms in total. The lowest BCUT2D eigenvalue weighted by molar-refractivity contribution is -0.138. The number of benzene rings is 1. The highest BCUT2D eigenvalue weighted by atomic mass is 19.1. The van der Waals surface area contributed by atoms with Gasteiger partial charge in [-0.25, -0.2) is 4.39 Å². The molecule has 0 aliphatic carbocycles. The summed E-state index contributed by atoms with van der Waals surface area (Å²) >= 11 is 0. The lowest BCUT2D eigenvalue weighted by Crippen LogP contribution is -2.27. The molecule has 1 atom stereocenters. The number of carboxylic acids is 1. The topological polar surface area (TPSA) is 40.5 Å². The number of aliphatic carboxylic acids is 1. The molecule has 1 saturated heterocycles. The lowest BCUT2D eigenvalue weighted by Gasteiger charge is -2.26. The first kappa shape index (κ1) is 13.0. The van der Waals surface area contributed by atoms with Gasteiger partial charge in [0, 0.05) is 6.04 Å². The van der Waals surface area contributed by atoms with Gasteiger partial charge in [-0.05, 0) is 50.0 Å². The van der Waals surface area contributed by atoms with Crippen LogP contribution in [0.2, 0.25) is 0 Å². The first-order valence-electron chi connectivity index (χ1n) is 6.30. The average molecular weight is 251 g/mol. The Hall–Kier alpha value is -1.42. The van der Waals surface area contributed by atoms with Gasteiger partial charge in [-0.1, -0.05) is 12.1 Å². The standard InChI is InChI=1S/C14H18FNO2/c1-10-8-11(4-5-12(10)15)13(9-14(17)18)16-6-2-3-7-16/h4-5,8,13H,2-3,6-7,9H2,1H3,(H,17,18). The van der Waals surface area contributed by atoms with Gasteiger partial charge in [-0.2, -0.15) is 0 Å². The summed E-state index contributed by atoms with van der Waals surface area (Å²) in [5.74, 6) is -1.05. The zero-order chi connectivity index (χ0) is 13.1. The zero-order valence-electron chi connectivity index (χ0n) is 10.5. The van der Waals surface area contributed by atoms with Crippen molar-refractivity contribution in [3.8, 4) is 0 Å². The van der Waals surface area contributed by atoms with Crippen molar-refractivity contribution < 1.29 is 14.3 Å². The Balaban J connectivity index is 2.26. The second-order valence-corrected chi connectivity index (χ2v) is 4.87. The number of nitrogens with zero attached hydrogens (tertiary/aromatic N) is 1. The van der Waals surface area contributed by atoms with E-state index >= 15 is 0 Å². The number of halogens is 1. The number of hydrogen-bond acceptors (Lipinski definition) is 2. The maximum atomic E-state index is 13.3. The summed E-state index contributed by atoms with van der Waals surface area (Å²) in [6.45, 7) is 3.56. The van der Waals surface area contributed by atoms with Gasteiger partial charge in [0.15, 0.2) is 0 Å². The molecule has 98 valence electrons. The minimum atomic E-state index is -0.811. The number of carboxylic acid groups (broad SMARTS) is 1. The molecule has 0 amide bonds. The third-order valence-electron chi connectivity index (χ3n) is 3.52. The van der Waals surface area contributed by atoms with E-state index < -0.39 is 5.97 Å². The van der Waals surface area contributed by atoms with Crippen LogP contribution in [0.5, 0.6) is 0 Å². The van der Waals surface area contributed by atoms with Crippen LogP contribution in [0, 0.1) is 12.7 Å². The quantitative estimate of drug-likeness (QED) is 0.894. The fourth-order valence-corrected chi connectivity index (χ4v) is 2.55. The van der Waals surface area contributed by atoms with E-state index in [9.17, 15) is 9.18 Å². The Labute approximate surface area is 106 Å². The molecular weight excluding hydrogens is 233 g/mol. The molecule has 1 N–H and O–H groups in total. The highest BCUT2D eigenvalue weighted by molar-refractivity contribution is 5.68. The molecular formula is C14H18FNO2. The highest BCUT2D eigenvalue weighted by Gasteiger charge is 2.25. The molecule has 1 fully saturated rings. The second kappa shape index (κ2) is 5.48. The van der Waals surface area contributed by atoms with Gasteiger partial charge in [0.25, 0.3) is 0 Å². The molecule has 18 heavy (non-hydrogen) atoms. The van der Waals surface area contributed by atoms with Gasteiger partial charge in [0.05, 0.1) is 6.42 Å². The van der Waals surface area contributed by atoms with Crippen molar-refractivity contribution in [2.24, 2.45) is 0 Å². The summed E-state index contributed by atoms with van der Waals surface area (Å²) in [4.78, 5) is 13.2. The Morgan fingerprint density at radius 2 is 2.11 bits per heavy atom. The molecule has 0 radical (unpaired) electrons. The normalized spacial score (nSPS) is 17.9. The van der Waals surface area contributed by atoms with E-state index in [2.05, 4.69) is 4.90 Å². The summed E-state index contributed by atoms with van der Waals surface area (Å²) in [7, 11) is 0. The SMILES string of the molecule is Cc1cc(C(CC(=O)O)N2CCCC2)ccc1F. The Morgan fingerprint density at radius 3 is 2.67 bits per heavy atom. The number of hydrogen-bond donors (Lipinski definition) is 1. The average Bonchev–Trinajstić information content (AvgIpc) is 2.83. The maximum Gasteiger partial charge on any atom is 0.305 e. The van der Waals surface area contributed by atoms with E-state index in [1.165, 1.54) is 6.07 Å². The molecule has 1 heterocycles. The maximum absolute atomic E-state index is 13.3.